The van der Waals surface area contributed by atoms with Gasteiger partial charge in [-0.1, -0.05) is 36.4 Å². The number of nitrogen functional groups attached to an aromatic ring is 1. The van der Waals surface area contributed by atoms with Gasteiger partial charge < -0.3 is 5.73 Å². The third kappa shape index (κ3) is 2.16. The van der Waals surface area contributed by atoms with Crippen LogP contribution < -0.4 is 5.73 Å². The number of anilines is 1. The van der Waals surface area contributed by atoms with E-state index in [0.717, 1.165) is 16.3 Å². The first-order valence-electron chi connectivity index (χ1n) is 6.55. The maximum absolute atomic E-state index is 12.6. The van der Waals surface area contributed by atoms with Gasteiger partial charge in [0.05, 0.1) is 0 Å². The third-order valence-corrected chi connectivity index (χ3v) is 3.51. The maximum atomic E-state index is 12.6. The Balaban J connectivity index is 2.08. The van der Waals surface area contributed by atoms with Crippen molar-refractivity contribution in [2.24, 2.45) is 0 Å². The lowest BCUT2D eigenvalue weighted by atomic mass is 9.97. The Morgan fingerprint density at radius 1 is 0.900 bits per heavy atom. The Labute approximate surface area is 117 Å². The quantitative estimate of drug-likeness (QED) is 0.560. The molecule has 3 aromatic rings. The predicted molar refractivity (Wildman–Crippen MR) is 83.0 cm³/mol. The molecule has 0 amide bonds. The van der Waals surface area contributed by atoms with Gasteiger partial charge in [-0.15, -0.1) is 0 Å². The van der Waals surface area contributed by atoms with Crippen molar-refractivity contribution in [2.75, 3.05) is 5.73 Å². The molecule has 2 N–H and O–H groups in total. The van der Waals surface area contributed by atoms with Gasteiger partial charge in [-0.25, -0.2) is 0 Å². The number of hydrogen-bond acceptors (Lipinski definition) is 2. The van der Waals surface area contributed by atoms with Crippen LogP contribution in [0.25, 0.3) is 10.8 Å². The van der Waals surface area contributed by atoms with E-state index in [4.69, 9.17) is 5.73 Å². The summed E-state index contributed by atoms with van der Waals surface area (Å²) < 4.78 is 0. The molecule has 0 bridgehead atoms. The minimum absolute atomic E-state index is 0.0354. The summed E-state index contributed by atoms with van der Waals surface area (Å²) in [7, 11) is 0. The second-order valence-corrected chi connectivity index (χ2v) is 4.97. The molecule has 0 radical (unpaired) electrons. The van der Waals surface area contributed by atoms with Crippen LogP contribution in [0.5, 0.6) is 0 Å². The number of aryl methyl sites for hydroxylation is 1. The summed E-state index contributed by atoms with van der Waals surface area (Å²) >= 11 is 0. The van der Waals surface area contributed by atoms with Gasteiger partial charge in [-0.05, 0) is 47.5 Å². The first-order valence-corrected chi connectivity index (χ1v) is 6.55. The molecule has 0 unspecified atom stereocenters. The summed E-state index contributed by atoms with van der Waals surface area (Å²) in [5.74, 6) is 0.0354. The molecule has 0 saturated heterocycles. The van der Waals surface area contributed by atoms with Gasteiger partial charge in [0, 0.05) is 16.8 Å². The number of hydrogen-bond donors (Lipinski definition) is 1. The largest absolute Gasteiger partial charge is 0.399 e. The molecule has 0 saturated carbocycles. The molecule has 2 heteroatoms. The highest BCUT2D eigenvalue weighted by atomic mass is 16.1. The lowest BCUT2D eigenvalue weighted by Gasteiger charge is -2.07. The van der Waals surface area contributed by atoms with Crippen molar-refractivity contribution < 1.29 is 4.79 Å². The van der Waals surface area contributed by atoms with Gasteiger partial charge in [0.25, 0.3) is 0 Å². The van der Waals surface area contributed by atoms with E-state index in [2.05, 4.69) is 0 Å². The van der Waals surface area contributed by atoms with Crippen molar-refractivity contribution >= 4 is 22.2 Å². The summed E-state index contributed by atoms with van der Waals surface area (Å²) in [5.41, 5.74) is 8.72. The molecule has 0 aliphatic carbocycles. The minimum atomic E-state index is 0.0354. The topological polar surface area (TPSA) is 43.1 Å². The first kappa shape index (κ1) is 12.4. The molecule has 3 rings (SSSR count). The molecule has 0 aliphatic rings. The average Bonchev–Trinajstić information content (AvgIpc) is 2.46. The van der Waals surface area contributed by atoms with Crippen LogP contribution in [-0.2, 0) is 0 Å². The van der Waals surface area contributed by atoms with Gasteiger partial charge in [0.1, 0.15) is 0 Å². The highest BCUT2D eigenvalue weighted by molar-refractivity contribution is 6.11. The van der Waals surface area contributed by atoms with Crippen molar-refractivity contribution in [1.29, 1.82) is 0 Å². The number of carbonyl (C=O) groups is 1. The number of rotatable bonds is 2. The van der Waals surface area contributed by atoms with Crippen LogP contribution in [0.2, 0.25) is 0 Å². The van der Waals surface area contributed by atoms with Crippen LogP contribution in [0, 0.1) is 6.92 Å². The number of benzene rings is 3. The van der Waals surface area contributed by atoms with Crippen LogP contribution in [0.1, 0.15) is 21.5 Å². The van der Waals surface area contributed by atoms with Crippen molar-refractivity contribution in [3.8, 4) is 0 Å². The average molecular weight is 261 g/mol. The molecular weight excluding hydrogens is 246 g/mol. The van der Waals surface area contributed by atoms with Gasteiger partial charge in [-0.2, -0.15) is 0 Å². The molecule has 2 nitrogen and oxygen atoms in total. The van der Waals surface area contributed by atoms with Crippen LogP contribution in [-0.4, -0.2) is 5.78 Å². The second-order valence-electron chi connectivity index (χ2n) is 4.97. The maximum Gasteiger partial charge on any atom is 0.193 e. The van der Waals surface area contributed by atoms with Crippen LogP contribution in [0.3, 0.4) is 0 Å². The van der Waals surface area contributed by atoms with Gasteiger partial charge >= 0.3 is 0 Å². The lowest BCUT2D eigenvalue weighted by molar-refractivity contribution is 0.103. The minimum Gasteiger partial charge on any atom is -0.399 e. The van der Waals surface area contributed by atoms with E-state index in [1.165, 1.54) is 0 Å². The zero-order valence-electron chi connectivity index (χ0n) is 11.3. The summed E-state index contributed by atoms with van der Waals surface area (Å²) in [6.45, 7) is 1.91. The SMILES string of the molecule is Cc1cc(N)ccc1C(=O)c1ccc2ccccc2c1. The molecule has 0 aromatic heterocycles. The van der Waals surface area contributed by atoms with E-state index < -0.39 is 0 Å². The number of ketones is 1. The molecule has 0 fully saturated rings. The first-order chi connectivity index (χ1) is 9.65. The van der Waals surface area contributed by atoms with E-state index >= 15 is 0 Å². The predicted octanol–water partition coefficient (Wildman–Crippen LogP) is 3.96. The summed E-state index contributed by atoms with van der Waals surface area (Å²) in [5, 5.41) is 2.21. The van der Waals surface area contributed by atoms with Crippen molar-refractivity contribution in [1.82, 2.24) is 0 Å². The standard InChI is InChI=1S/C18H15NO/c1-12-10-16(19)8-9-17(12)18(20)15-7-6-13-4-2-3-5-14(13)11-15/h2-11H,19H2,1H3. The van der Waals surface area contributed by atoms with Crippen LogP contribution >= 0.6 is 0 Å². The highest BCUT2D eigenvalue weighted by Crippen LogP contribution is 2.20. The van der Waals surface area contributed by atoms with E-state index in [1.54, 1.807) is 12.1 Å². The van der Waals surface area contributed by atoms with Gasteiger partial charge in [0.2, 0.25) is 0 Å². The number of fused-ring (bicyclic) bond motifs is 1. The van der Waals surface area contributed by atoms with E-state index in [-0.39, 0.29) is 5.78 Å². The molecule has 0 aliphatic heterocycles. The normalized spacial score (nSPS) is 10.7. The van der Waals surface area contributed by atoms with Crippen molar-refractivity contribution in [2.45, 2.75) is 6.92 Å². The Hall–Kier alpha value is -2.61. The monoisotopic (exact) mass is 261 g/mol. The van der Waals surface area contributed by atoms with Crippen LogP contribution in [0.4, 0.5) is 5.69 Å². The lowest BCUT2D eigenvalue weighted by Crippen LogP contribution is -2.04. The van der Waals surface area contributed by atoms with Crippen molar-refractivity contribution in [3.05, 3.63) is 77.4 Å². The summed E-state index contributed by atoms with van der Waals surface area (Å²) in [6.07, 6.45) is 0. The molecule has 0 atom stereocenters. The van der Waals surface area contributed by atoms with Crippen molar-refractivity contribution in [3.63, 3.8) is 0 Å². The Morgan fingerprint density at radius 3 is 2.40 bits per heavy atom. The van der Waals surface area contributed by atoms with Gasteiger partial charge in [0.15, 0.2) is 5.78 Å². The zero-order valence-corrected chi connectivity index (χ0v) is 11.3. The van der Waals surface area contributed by atoms with Crippen LogP contribution in [0.15, 0.2) is 60.7 Å². The second kappa shape index (κ2) is 4.82. The Morgan fingerprint density at radius 2 is 1.65 bits per heavy atom. The van der Waals surface area contributed by atoms with E-state index in [0.29, 0.717) is 16.8 Å². The summed E-state index contributed by atoms with van der Waals surface area (Å²) in [6, 6.07) is 19.2. The fourth-order valence-corrected chi connectivity index (χ4v) is 2.43. The fraction of sp³-hybridized carbons (Fsp3) is 0.0556. The van der Waals surface area contributed by atoms with Gasteiger partial charge in [-0.3, -0.25) is 4.79 Å². The Kier molecular flexibility index (Phi) is 2.99. The molecule has 3 aromatic carbocycles. The summed E-state index contributed by atoms with van der Waals surface area (Å²) in [4.78, 5) is 12.6. The molecular formula is C18H15NO. The molecule has 0 spiro atoms. The zero-order chi connectivity index (χ0) is 14.1. The number of nitrogens with two attached hydrogens (primary N) is 1. The molecule has 0 heterocycles. The fourth-order valence-electron chi connectivity index (χ4n) is 2.43. The smallest absolute Gasteiger partial charge is 0.193 e. The highest BCUT2D eigenvalue weighted by Gasteiger charge is 2.12. The van der Waals surface area contributed by atoms with E-state index in [1.807, 2.05) is 55.5 Å². The Bertz CT molecular complexity index is 805. The third-order valence-electron chi connectivity index (χ3n) is 3.51. The molecule has 20 heavy (non-hydrogen) atoms. The van der Waals surface area contributed by atoms with E-state index in [9.17, 15) is 4.79 Å². The molecule has 98 valence electrons. The number of carbonyl (C=O) groups excluding carboxylic acids is 1.